The van der Waals surface area contributed by atoms with Gasteiger partial charge in [0.25, 0.3) is 0 Å². The van der Waals surface area contributed by atoms with E-state index >= 15 is 0 Å². The second kappa shape index (κ2) is 5.85. The van der Waals surface area contributed by atoms with Crippen molar-refractivity contribution in [1.29, 1.82) is 0 Å². The van der Waals surface area contributed by atoms with E-state index in [0.717, 1.165) is 0 Å². The third kappa shape index (κ3) is 3.98. The first kappa shape index (κ1) is 14.5. The minimum Gasteiger partial charge on any atom is -0.478 e. The van der Waals surface area contributed by atoms with Crippen LogP contribution in [-0.2, 0) is 4.79 Å². The van der Waals surface area contributed by atoms with Gasteiger partial charge in [0.05, 0.1) is 5.56 Å². The summed E-state index contributed by atoms with van der Waals surface area (Å²) in [6, 6.07) is 3.00. The largest absolute Gasteiger partial charge is 0.478 e. The zero-order valence-electron chi connectivity index (χ0n) is 10.6. The number of carbonyl (C=O) groups excluding carboxylic acids is 2. The molecular weight excluding hydrogens is 250 g/mol. The summed E-state index contributed by atoms with van der Waals surface area (Å²) in [5.74, 6) is -1.68. The number of amides is 3. The summed E-state index contributed by atoms with van der Waals surface area (Å²) < 4.78 is 0. The van der Waals surface area contributed by atoms with E-state index in [2.05, 4.69) is 10.6 Å². The quantitative estimate of drug-likeness (QED) is 0.639. The third-order valence-corrected chi connectivity index (χ3v) is 2.49. The van der Waals surface area contributed by atoms with Crippen molar-refractivity contribution in [2.24, 2.45) is 5.73 Å². The van der Waals surface area contributed by atoms with Crippen LogP contribution < -0.4 is 16.4 Å². The lowest BCUT2D eigenvalue weighted by molar-refractivity contribution is -0.119. The monoisotopic (exact) mass is 265 g/mol. The Morgan fingerprint density at radius 3 is 2.42 bits per heavy atom. The first-order valence-corrected chi connectivity index (χ1v) is 5.52. The lowest BCUT2D eigenvalue weighted by Gasteiger charge is -2.12. The van der Waals surface area contributed by atoms with Crippen molar-refractivity contribution < 1.29 is 19.5 Å². The molecule has 0 aliphatic carbocycles. The zero-order chi connectivity index (χ0) is 14.6. The Morgan fingerprint density at radius 2 is 1.95 bits per heavy atom. The predicted octanol–water partition coefficient (Wildman–Crippen LogP) is 0.689. The van der Waals surface area contributed by atoms with Crippen molar-refractivity contribution in [3.63, 3.8) is 0 Å². The lowest BCUT2D eigenvalue weighted by Crippen LogP contribution is -2.44. The molecular formula is C12H15N3O4. The van der Waals surface area contributed by atoms with Crippen LogP contribution in [0.5, 0.6) is 0 Å². The molecule has 0 bridgehead atoms. The van der Waals surface area contributed by atoms with Gasteiger partial charge >= 0.3 is 12.0 Å². The smallest absolute Gasteiger partial charge is 0.335 e. The van der Waals surface area contributed by atoms with Gasteiger partial charge in [-0.3, -0.25) is 4.79 Å². The number of primary amides is 1. The molecule has 0 heterocycles. The Balaban J connectivity index is 2.73. The lowest BCUT2D eigenvalue weighted by atomic mass is 10.1. The highest BCUT2D eigenvalue weighted by Gasteiger charge is 2.13. The molecule has 0 saturated carbocycles. The summed E-state index contributed by atoms with van der Waals surface area (Å²) in [4.78, 5) is 33.1. The maximum absolute atomic E-state index is 11.5. The van der Waals surface area contributed by atoms with Gasteiger partial charge in [-0.1, -0.05) is 0 Å². The first-order valence-electron chi connectivity index (χ1n) is 5.52. The Hall–Kier alpha value is -2.57. The molecule has 1 rings (SSSR count). The van der Waals surface area contributed by atoms with Crippen LogP contribution in [0, 0.1) is 6.92 Å². The average Bonchev–Trinajstić information content (AvgIpc) is 2.27. The number of nitrogens with two attached hydrogens (primary N) is 1. The van der Waals surface area contributed by atoms with E-state index in [9.17, 15) is 14.4 Å². The van der Waals surface area contributed by atoms with Gasteiger partial charge < -0.3 is 21.5 Å². The fraction of sp³-hybridized carbons (Fsp3) is 0.250. The third-order valence-electron chi connectivity index (χ3n) is 2.49. The molecule has 1 unspecified atom stereocenters. The number of aryl methyl sites for hydroxylation is 1. The minimum absolute atomic E-state index is 0.163. The summed E-state index contributed by atoms with van der Waals surface area (Å²) in [5, 5.41) is 13.7. The van der Waals surface area contributed by atoms with E-state index in [1.165, 1.54) is 25.1 Å². The van der Waals surface area contributed by atoms with Crippen LogP contribution in [0.25, 0.3) is 0 Å². The van der Waals surface area contributed by atoms with Crippen molar-refractivity contribution >= 4 is 23.6 Å². The highest BCUT2D eigenvalue weighted by Crippen LogP contribution is 2.15. The number of anilines is 1. The predicted molar refractivity (Wildman–Crippen MR) is 68.9 cm³/mol. The van der Waals surface area contributed by atoms with Crippen molar-refractivity contribution in [3.05, 3.63) is 29.3 Å². The molecule has 1 aromatic carbocycles. The number of rotatable bonds is 4. The number of hydrogen-bond acceptors (Lipinski definition) is 3. The van der Waals surface area contributed by atoms with Crippen LogP contribution in [0.1, 0.15) is 22.8 Å². The van der Waals surface area contributed by atoms with Crippen LogP contribution in [0.15, 0.2) is 18.2 Å². The van der Waals surface area contributed by atoms with Crippen LogP contribution in [0.4, 0.5) is 10.5 Å². The molecule has 3 amide bonds. The van der Waals surface area contributed by atoms with Crippen LogP contribution >= 0.6 is 0 Å². The molecule has 5 N–H and O–H groups in total. The summed E-state index contributed by atoms with van der Waals surface area (Å²) in [6.45, 7) is 3.08. The number of nitrogens with one attached hydrogen (secondary N) is 2. The molecule has 0 aromatic heterocycles. The Bertz CT molecular complexity index is 528. The Labute approximate surface area is 109 Å². The van der Waals surface area contributed by atoms with Gasteiger partial charge in [-0.25, -0.2) is 9.59 Å². The summed E-state index contributed by atoms with van der Waals surface area (Å²) >= 11 is 0. The number of carboxylic acids is 1. The van der Waals surface area contributed by atoms with Gasteiger partial charge in [0.1, 0.15) is 6.04 Å². The maximum atomic E-state index is 11.5. The van der Waals surface area contributed by atoms with Crippen LogP contribution in [0.3, 0.4) is 0 Å². The van der Waals surface area contributed by atoms with E-state index in [4.69, 9.17) is 10.8 Å². The second-order valence-corrected chi connectivity index (χ2v) is 4.06. The topological polar surface area (TPSA) is 122 Å². The molecule has 0 aliphatic heterocycles. The number of carboxylic acid groups (broad SMARTS) is 1. The molecule has 0 fully saturated rings. The number of benzene rings is 1. The summed E-state index contributed by atoms with van der Waals surface area (Å²) in [7, 11) is 0. The maximum Gasteiger partial charge on any atom is 0.335 e. The van der Waals surface area contributed by atoms with E-state index in [1.54, 1.807) is 6.92 Å². The van der Waals surface area contributed by atoms with Crippen molar-refractivity contribution in [2.45, 2.75) is 19.9 Å². The molecule has 19 heavy (non-hydrogen) atoms. The van der Waals surface area contributed by atoms with E-state index < -0.39 is 23.9 Å². The van der Waals surface area contributed by atoms with Gasteiger partial charge in [-0.05, 0) is 37.6 Å². The molecule has 0 radical (unpaired) electrons. The van der Waals surface area contributed by atoms with Gasteiger partial charge in [0.15, 0.2) is 0 Å². The SMILES string of the molecule is Cc1cc(NC(=O)NC(C)C(N)=O)ccc1C(=O)O. The van der Waals surface area contributed by atoms with E-state index in [-0.39, 0.29) is 5.56 Å². The second-order valence-electron chi connectivity index (χ2n) is 4.06. The average molecular weight is 265 g/mol. The molecule has 1 atom stereocenters. The highest BCUT2D eigenvalue weighted by molar-refractivity contribution is 5.94. The van der Waals surface area contributed by atoms with Gasteiger partial charge in [0.2, 0.25) is 5.91 Å². The van der Waals surface area contributed by atoms with Gasteiger partial charge in [0, 0.05) is 5.69 Å². The van der Waals surface area contributed by atoms with Crippen LogP contribution in [-0.4, -0.2) is 29.1 Å². The van der Waals surface area contributed by atoms with Crippen molar-refractivity contribution in [1.82, 2.24) is 5.32 Å². The molecule has 7 heteroatoms. The Morgan fingerprint density at radius 1 is 1.32 bits per heavy atom. The minimum atomic E-state index is -1.03. The normalized spacial score (nSPS) is 11.5. The summed E-state index contributed by atoms with van der Waals surface area (Å²) in [5.41, 5.74) is 6.12. The first-order chi connectivity index (χ1) is 8.81. The molecule has 7 nitrogen and oxygen atoms in total. The van der Waals surface area contributed by atoms with Crippen molar-refractivity contribution in [3.8, 4) is 0 Å². The summed E-state index contributed by atoms with van der Waals surface area (Å²) in [6.07, 6.45) is 0. The number of aromatic carboxylic acids is 1. The van der Waals surface area contributed by atoms with Gasteiger partial charge in [-0.15, -0.1) is 0 Å². The molecule has 1 aromatic rings. The fourth-order valence-electron chi connectivity index (χ4n) is 1.42. The van der Waals surface area contributed by atoms with Crippen molar-refractivity contribution in [2.75, 3.05) is 5.32 Å². The Kier molecular flexibility index (Phi) is 4.46. The van der Waals surface area contributed by atoms with E-state index in [1.807, 2.05) is 0 Å². The highest BCUT2D eigenvalue weighted by atomic mass is 16.4. The standard InChI is InChI=1S/C12H15N3O4/c1-6-5-8(3-4-9(6)11(17)18)15-12(19)14-7(2)10(13)16/h3-5,7H,1-2H3,(H2,13,16)(H,17,18)(H2,14,15,19). The molecule has 0 saturated heterocycles. The van der Waals surface area contributed by atoms with E-state index in [0.29, 0.717) is 11.3 Å². The van der Waals surface area contributed by atoms with Gasteiger partial charge in [-0.2, -0.15) is 0 Å². The number of carbonyl (C=O) groups is 3. The fourth-order valence-corrected chi connectivity index (χ4v) is 1.42. The number of urea groups is 1. The molecule has 0 aliphatic rings. The van der Waals surface area contributed by atoms with Crippen LogP contribution in [0.2, 0.25) is 0 Å². The number of hydrogen-bond donors (Lipinski definition) is 4. The molecule has 102 valence electrons. The molecule has 0 spiro atoms. The zero-order valence-corrected chi connectivity index (χ0v) is 10.6.